The Balaban J connectivity index is 1.66. The van der Waals surface area contributed by atoms with Crippen LogP contribution < -0.4 is 0 Å². The van der Waals surface area contributed by atoms with Gasteiger partial charge in [-0.05, 0) is 38.5 Å². The molecule has 0 radical (unpaired) electrons. The minimum absolute atomic E-state index is 0.0638. The number of aromatic nitrogens is 1. The van der Waals surface area contributed by atoms with Crippen LogP contribution in [-0.4, -0.2) is 52.0 Å². The maximum Gasteiger partial charge on any atom is 0.270 e. The maximum atomic E-state index is 14.0. The van der Waals surface area contributed by atoms with Crippen molar-refractivity contribution in [2.45, 2.75) is 33.4 Å². The van der Waals surface area contributed by atoms with Crippen LogP contribution in [0.5, 0.6) is 0 Å². The summed E-state index contributed by atoms with van der Waals surface area (Å²) in [6, 6.07) is 4.70. The van der Waals surface area contributed by atoms with Crippen LogP contribution in [0.4, 0.5) is 4.39 Å². The molecule has 1 saturated heterocycles. The van der Waals surface area contributed by atoms with E-state index in [9.17, 15) is 14.3 Å². The van der Waals surface area contributed by atoms with Gasteiger partial charge in [0, 0.05) is 54.6 Å². The van der Waals surface area contributed by atoms with Gasteiger partial charge < -0.3 is 15.0 Å². The quantitative estimate of drug-likeness (QED) is 0.836. The minimum atomic E-state index is -0.620. The maximum absolute atomic E-state index is 14.0. The van der Waals surface area contributed by atoms with Crippen molar-refractivity contribution in [1.29, 1.82) is 0 Å². The number of nitrogens with one attached hydrogen (secondary N) is 1. The molecule has 0 saturated carbocycles. The van der Waals surface area contributed by atoms with Crippen molar-refractivity contribution in [3.8, 4) is 0 Å². The van der Waals surface area contributed by atoms with Crippen molar-refractivity contribution in [3.05, 3.63) is 57.1 Å². The first-order chi connectivity index (χ1) is 12.8. The number of hydrogen-bond acceptors (Lipinski definition) is 3. The second kappa shape index (κ2) is 8.00. The number of rotatable bonds is 4. The Kier molecular flexibility index (Phi) is 5.89. The molecule has 1 fully saturated rings. The summed E-state index contributed by atoms with van der Waals surface area (Å²) < 4.78 is 14.0. The zero-order chi connectivity index (χ0) is 19.7. The van der Waals surface area contributed by atoms with Gasteiger partial charge in [-0.2, -0.15) is 0 Å². The third kappa shape index (κ3) is 4.03. The third-order valence-electron chi connectivity index (χ3n) is 5.23. The number of halogens is 2. The van der Waals surface area contributed by atoms with Crippen molar-refractivity contribution < 1.29 is 14.3 Å². The molecular weight excluding hydrogens is 369 g/mol. The molecule has 2 N–H and O–H groups in total. The molecule has 0 unspecified atom stereocenters. The summed E-state index contributed by atoms with van der Waals surface area (Å²) in [5, 5.41) is 10.3. The first kappa shape index (κ1) is 19.9. The molecule has 0 aliphatic carbocycles. The van der Waals surface area contributed by atoms with Crippen LogP contribution in [0.2, 0.25) is 5.02 Å². The Hall–Kier alpha value is -1.89. The topological polar surface area (TPSA) is 59.6 Å². The van der Waals surface area contributed by atoms with Crippen LogP contribution in [0.1, 0.15) is 45.9 Å². The van der Waals surface area contributed by atoms with E-state index in [0.29, 0.717) is 49.0 Å². The van der Waals surface area contributed by atoms with Crippen LogP contribution in [0.25, 0.3) is 0 Å². The average Bonchev–Trinajstić information content (AvgIpc) is 2.92. The summed E-state index contributed by atoms with van der Waals surface area (Å²) in [7, 11) is 0. The van der Waals surface area contributed by atoms with E-state index in [1.165, 1.54) is 6.07 Å². The smallest absolute Gasteiger partial charge is 0.270 e. The van der Waals surface area contributed by atoms with E-state index in [1.807, 2.05) is 13.8 Å². The molecule has 2 heterocycles. The summed E-state index contributed by atoms with van der Waals surface area (Å²) in [4.78, 5) is 19.9. The van der Waals surface area contributed by atoms with Gasteiger partial charge in [0.15, 0.2) is 0 Å². The molecule has 1 atom stereocenters. The number of carbonyl (C=O) groups is 1. The van der Waals surface area contributed by atoms with Crippen molar-refractivity contribution in [1.82, 2.24) is 14.8 Å². The van der Waals surface area contributed by atoms with E-state index in [2.05, 4.69) is 9.88 Å². The number of aromatic amines is 1. The highest BCUT2D eigenvalue weighted by molar-refractivity contribution is 6.31. The molecule has 27 heavy (non-hydrogen) atoms. The summed E-state index contributed by atoms with van der Waals surface area (Å²) in [5.74, 6) is -0.366. The second-order valence-corrected chi connectivity index (χ2v) is 7.52. The molecule has 1 aromatic heterocycles. The summed E-state index contributed by atoms with van der Waals surface area (Å²) in [5.41, 5.74) is 3.43. The van der Waals surface area contributed by atoms with Crippen molar-refractivity contribution in [2.75, 3.05) is 26.2 Å². The summed E-state index contributed by atoms with van der Waals surface area (Å²) in [6.07, 6.45) is -0.620. The van der Waals surface area contributed by atoms with Crippen molar-refractivity contribution in [2.24, 2.45) is 0 Å². The molecule has 0 bridgehead atoms. The molecule has 7 heteroatoms. The largest absolute Gasteiger partial charge is 0.389 e. The van der Waals surface area contributed by atoms with E-state index in [-0.39, 0.29) is 11.7 Å². The molecule has 2 aromatic rings. The van der Waals surface area contributed by atoms with Crippen LogP contribution in [0, 0.1) is 19.7 Å². The minimum Gasteiger partial charge on any atom is -0.389 e. The Morgan fingerprint density at radius 2 is 1.96 bits per heavy atom. The van der Waals surface area contributed by atoms with E-state index in [4.69, 9.17) is 11.6 Å². The van der Waals surface area contributed by atoms with Crippen LogP contribution in [0.15, 0.2) is 18.2 Å². The second-order valence-electron chi connectivity index (χ2n) is 7.11. The lowest BCUT2D eigenvalue weighted by molar-refractivity contribution is 0.0621. The van der Waals surface area contributed by atoms with E-state index in [0.717, 1.165) is 16.8 Å². The normalized spacial score (nSPS) is 16.6. The van der Waals surface area contributed by atoms with Crippen LogP contribution in [0.3, 0.4) is 0 Å². The number of hydrogen-bond donors (Lipinski definition) is 2. The number of carbonyl (C=O) groups excluding carboxylic acids is 1. The highest BCUT2D eigenvalue weighted by atomic mass is 35.5. The van der Waals surface area contributed by atoms with Crippen molar-refractivity contribution >= 4 is 17.5 Å². The molecular formula is C20H25ClFN3O2. The number of piperazine rings is 1. The fraction of sp³-hybridized carbons (Fsp3) is 0.450. The highest BCUT2D eigenvalue weighted by Gasteiger charge is 2.27. The van der Waals surface area contributed by atoms with Gasteiger partial charge in [0.05, 0.1) is 6.10 Å². The number of nitrogens with zero attached hydrogens (tertiary/aromatic N) is 2. The number of amides is 1. The lowest BCUT2D eigenvalue weighted by Gasteiger charge is -2.34. The molecule has 1 amide bonds. The number of aliphatic hydroxyl groups excluding tert-OH is 1. The van der Waals surface area contributed by atoms with E-state index in [1.54, 1.807) is 24.0 Å². The van der Waals surface area contributed by atoms with Gasteiger partial charge in [0.1, 0.15) is 11.5 Å². The SMILES string of the molecule is Cc1[nH]c(C(=O)N2CCN(Cc3c(F)cccc3Cl)CC2)c(C)c1[C@H](C)O. The van der Waals surface area contributed by atoms with Crippen molar-refractivity contribution in [3.63, 3.8) is 0 Å². The molecule has 1 aliphatic rings. The van der Waals surface area contributed by atoms with Gasteiger partial charge in [-0.1, -0.05) is 17.7 Å². The average molecular weight is 394 g/mol. The monoisotopic (exact) mass is 393 g/mol. The zero-order valence-corrected chi connectivity index (χ0v) is 16.6. The molecule has 0 spiro atoms. The molecule has 1 aliphatic heterocycles. The summed E-state index contributed by atoms with van der Waals surface area (Å²) >= 11 is 6.11. The fourth-order valence-electron chi connectivity index (χ4n) is 3.78. The van der Waals surface area contributed by atoms with E-state index < -0.39 is 6.10 Å². The molecule has 1 aromatic carbocycles. The lowest BCUT2D eigenvalue weighted by atomic mass is 10.1. The molecule has 5 nitrogen and oxygen atoms in total. The Bertz CT molecular complexity index is 822. The lowest BCUT2D eigenvalue weighted by Crippen LogP contribution is -2.48. The number of benzene rings is 1. The van der Waals surface area contributed by atoms with Gasteiger partial charge in [-0.15, -0.1) is 0 Å². The third-order valence-corrected chi connectivity index (χ3v) is 5.58. The van der Waals surface area contributed by atoms with Gasteiger partial charge in [-0.25, -0.2) is 4.39 Å². The number of aryl methyl sites for hydroxylation is 1. The first-order valence-corrected chi connectivity index (χ1v) is 9.49. The van der Waals surface area contributed by atoms with Crippen LogP contribution >= 0.6 is 11.6 Å². The highest BCUT2D eigenvalue weighted by Crippen LogP contribution is 2.26. The zero-order valence-electron chi connectivity index (χ0n) is 15.9. The van der Waals surface area contributed by atoms with Gasteiger partial charge >= 0.3 is 0 Å². The number of aliphatic hydroxyl groups is 1. The molecule has 146 valence electrons. The Labute approximate surface area is 163 Å². The van der Waals surface area contributed by atoms with Gasteiger partial charge in [0.25, 0.3) is 5.91 Å². The summed E-state index contributed by atoms with van der Waals surface area (Å²) in [6.45, 7) is 8.27. The number of H-pyrrole nitrogens is 1. The predicted molar refractivity (Wildman–Crippen MR) is 103 cm³/mol. The van der Waals surface area contributed by atoms with Crippen LogP contribution in [-0.2, 0) is 6.54 Å². The fourth-order valence-corrected chi connectivity index (χ4v) is 4.00. The van der Waals surface area contributed by atoms with Gasteiger partial charge in [-0.3, -0.25) is 9.69 Å². The predicted octanol–water partition coefficient (Wildman–Crippen LogP) is 3.44. The first-order valence-electron chi connectivity index (χ1n) is 9.11. The Morgan fingerprint density at radius 3 is 2.52 bits per heavy atom. The molecule has 3 rings (SSSR count). The van der Waals surface area contributed by atoms with E-state index >= 15 is 0 Å². The van der Waals surface area contributed by atoms with Gasteiger partial charge in [0.2, 0.25) is 0 Å². The standard InChI is InChI=1S/C20H25ClFN3O2/c1-12-18(14(3)26)13(2)23-19(12)20(27)25-9-7-24(8-10-25)11-15-16(21)5-4-6-17(15)22/h4-6,14,23,26H,7-11H2,1-3H3/t14-/m0/s1. The Morgan fingerprint density at radius 1 is 1.30 bits per heavy atom.